The molecule has 1 aliphatic heterocycles. The molecule has 1 saturated heterocycles. The van der Waals surface area contributed by atoms with Gasteiger partial charge in [-0.25, -0.2) is 0 Å². The Morgan fingerprint density at radius 3 is 2.44 bits per heavy atom. The van der Waals surface area contributed by atoms with Crippen LogP contribution in [0.15, 0.2) is 0 Å². The Hall–Kier alpha value is -1.10. The third-order valence-electron chi connectivity index (χ3n) is 3.01. The Morgan fingerprint density at radius 2 is 1.94 bits per heavy atom. The molecule has 5 heteroatoms. The fourth-order valence-electron chi connectivity index (χ4n) is 2.18. The molecule has 1 fully saturated rings. The molecule has 1 rings (SSSR count). The van der Waals surface area contributed by atoms with Crippen LogP contribution in [0, 0.1) is 0 Å². The first-order valence-electron chi connectivity index (χ1n) is 6.32. The van der Waals surface area contributed by atoms with Crippen molar-refractivity contribution in [2.24, 2.45) is 0 Å². The van der Waals surface area contributed by atoms with Crippen molar-refractivity contribution in [2.75, 3.05) is 13.7 Å². The quantitative estimate of drug-likeness (QED) is 0.714. The maximum Gasteiger partial charge on any atom is 0.323 e. The van der Waals surface area contributed by atoms with Gasteiger partial charge in [0.1, 0.15) is 17.7 Å². The van der Waals surface area contributed by atoms with Crippen LogP contribution in [-0.2, 0) is 19.1 Å². The number of carbonyl (C=O) groups is 2. The van der Waals surface area contributed by atoms with E-state index in [1.54, 1.807) is 6.92 Å². The van der Waals surface area contributed by atoms with Gasteiger partial charge in [0.25, 0.3) is 0 Å². The van der Waals surface area contributed by atoms with Crippen LogP contribution >= 0.6 is 0 Å². The van der Waals surface area contributed by atoms with E-state index in [9.17, 15) is 9.59 Å². The highest BCUT2D eigenvalue weighted by Gasteiger charge is 2.38. The smallest absolute Gasteiger partial charge is 0.323 e. The molecule has 0 spiro atoms. The zero-order valence-electron chi connectivity index (χ0n) is 11.9. The van der Waals surface area contributed by atoms with E-state index in [4.69, 9.17) is 9.47 Å². The number of ether oxygens (including phenoxy) is 2. The second-order valence-electron chi connectivity index (χ2n) is 5.63. The van der Waals surface area contributed by atoms with E-state index >= 15 is 0 Å². The molecular formula is C13H23NO4. The molecule has 18 heavy (non-hydrogen) atoms. The van der Waals surface area contributed by atoms with E-state index in [1.807, 2.05) is 25.7 Å². The second-order valence-corrected chi connectivity index (χ2v) is 5.63. The number of hydrogen-bond acceptors (Lipinski definition) is 5. The number of carbonyl (C=O) groups excluding carboxylic acids is 2. The van der Waals surface area contributed by atoms with E-state index in [2.05, 4.69) is 0 Å². The molecule has 0 saturated carbocycles. The predicted molar refractivity (Wildman–Crippen MR) is 67.1 cm³/mol. The summed E-state index contributed by atoms with van der Waals surface area (Å²) in [5, 5.41) is 0. The Balaban J connectivity index is 2.70. The van der Waals surface area contributed by atoms with Gasteiger partial charge in [0.2, 0.25) is 0 Å². The number of likely N-dealkylation sites (tertiary alicyclic amines) is 1. The summed E-state index contributed by atoms with van der Waals surface area (Å²) in [5.74, 6) is -0.568. The maximum atomic E-state index is 12.1. The highest BCUT2D eigenvalue weighted by Crippen LogP contribution is 2.23. The lowest BCUT2D eigenvalue weighted by Gasteiger charge is -2.30. The summed E-state index contributed by atoms with van der Waals surface area (Å²) in [4.78, 5) is 25.5. The van der Waals surface area contributed by atoms with Crippen LogP contribution < -0.4 is 0 Å². The first-order valence-corrected chi connectivity index (χ1v) is 6.32. The van der Waals surface area contributed by atoms with E-state index in [0.29, 0.717) is 0 Å². The Kier molecular flexibility index (Phi) is 4.73. The van der Waals surface area contributed by atoms with E-state index in [1.165, 1.54) is 7.11 Å². The van der Waals surface area contributed by atoms with E-state index in [0.717, 1.165) is 19.4 Å². The van der Waals surface area contributed by atoms with Crippen LogP contribution in [0.3, 0.4) is 0 Å². The van der Waals surface area contributed by atoms with Gasteiger partial charge in [-0.05, 0) is 47.1 Å². The molecule has 0 N–H and O–H groups in total. The minimum atomic E-state index is -0.500. The molecular weight excluding hydrogens is 234 g/mol. The molecule has 0 aliphatic carbocycles. The molecule has 0 aromatic heterocycles. The largest absolute Gasteiger partial charge is 0.468 e. The van der Waals surface area contributed by atoms with Crippen molar-refractivity contribution in [3.05, 3.63) is 0 Å². The molecule has 0 aromatic rings. The Bertz CT molecular complexity index is 321. The van der Waals surface area contributed by atoms with Gasteiger partial charge in [0, 0.05) is 0 Å². The zero-order valence-corrected chi connectivity index (χ0v) is 11.9. The molecule has 0 aromatic carbocycles. The average Bonchev–Trinajstić information content (AvgIpc) is 2.73. The number of methoxy groups -OCH3 is 1. The topological polar surface area (TPSA) is 55.8 Å². The summed E-state index contributed by atoms with van der Waals surface area (Å²) in [6.07, 6.45) is 1.63. The Labute approximate surface area is 108 Å². The minimum Gasteiger partial charge on any atom is -0.468 e. The lowest BCUT2D eigenvalue weighted by atomic mass is 10.1. The standard InChI is InChI=1S/C13H23NO4/c1-9(11(15)17-5)14-8-6-7-10(14)12(16)18-13(2,3)4/h9-10H,6-8H2,1-5H3/t9?,10-/m0/s1. The first kappa shape index (κ1) is 15.0. The van der Waals surface area contributed by atoms with Gasteiger partial charge in [-0.15, -0.1) is 0 Å². The molecule has 2 atom stereocenters. The predicted octanol–water partition coefficient (Wildman–Crippen LogP) is 1.35. The maximum absolute atomic E-state index is 12.1. The van der Waals surface area contributed by atoms with Gasteiger partial charge in [-0.2, -0.15) is 0 Å². The summed E-state index contributed by atoms with van der Waals surface area (Å²) in [5.41, 5.74) is -0.500. The summed E-state index contributed by atoms with van der Waals surface area (Å²) in [6, 6.07) is -0.742. The van der Waals surface area contributed by atoms with Gasteiger partial charge < -0.3 is 9.47 Å². The minimum absolute atomic E-state index is 0.254. The lowest BCUT2D eigenvalue weighted by molar-refractivity contribution is -0.162. The van der Waals surface area contributed by atoms with Crippen molar-refractivity contribution in [2.45, 2.75) is 58.2 Å². The van der Waals surface area contributed by atoms with Crippen LogP contribution in [0.1, 0.15) is 40.5 Å². The summed E-state index contributed by atoms with van der Waals surface area (Å²) >= 11 is 0. The molecule has 0 radical (unpaired) electrons. The number of hydrogen-bond donors (Lipinski definition) is 0. The van der Waals surface area contributed by atoms with Gasteiger partial charge in [-0.1, -0.05) is 0 Å². The molecule has 1 unspecified atom stereocenters. The van der Waals surface area contributed by atoms with Gasteiger partial charge in [-0.3, -0.25) is 14.5 Å². The second kappa shape index (κ2) is 5.69. The molecule has 1 heterocycles. The summed E-state index contributed by atoms with van der Waals surface area (Å²) < 4.78 is 10.1. The van der Waals surface area contributed by atoms with Crippen molar-refractivity contribution < 1.29 is 19.1 Å². The summed E-state index contributed by atoms with van der Waals surface area (Å²) in [6.45, 7) is 8.00. The highest BCUT2D eigenvalue weighted by molar-refractivity contribution is 5.80. The molecule has 5 nitrogen and oxygen atoms in total. The SMILES string of the molecule is COC(=O)C(C)N1CCC[C@H]1C(=O)OC(C)(C)C. The highest BCUT2D eigenvalue weighted by atomic mass is 16.6. The van der Waals surface area contributed by atoms with Crippen molar-refractivity contribution in [1.82, 2.24) is 4.90 Å². The van der Waals surface area contributed by atoms with Crippen LogP contribution in [-0.4, -0.2) is 48.2 Å². The van der Waals surface area contributed by atoms with Gasteiger partial charge >= 0.3 is 11.9 Å². The molecule has 104 valence electrons. The number of esters is 2. The molecule has 0 amide bonds. The third kappa shape index (κ3) is 3.70. The normalized spacial score (nSPS) is 22.6. The molecule has 1 aliphatic rings. The van der Waals surface area contributed by atoms with Crippen LogP contribution in [0.5, 0.6) is 0 Å². The Morgan fingerprint density at radius 1 is 1.33 bits per heavy atom. The molecule has 0 bridgehead atoms. The van der Waals surface area contributed by atoms with E-state index < -0.39 is 11.6 Å². The number of rotatable bonds is 3. The lowest BCUT2D eigenvalue weighted by Crippen LogP contribution is -2.47. The van der Waals surface area contributed by atoms with Gasteiger partial charge in [0.15, 0.2) is 0 Å². The first-order chi connectivity index (χ1) is 8.26. The van der Waals surface area contributed by atoms with Crippen LogP contribution in [0.2, 0.25) is 0 Å². The monoisotopic (exact) mass is 257 g/mol. The van der Waals surface area contributed by atoms with E-state index in [-0.39, 0.29) is 18.0 Å². The van der Waals surface area contributed by atoms with Crippen molar-refractivity contribution in [3.8, 4) is 0 Å². The van der Waals surface area contributed by atoms with Crippen molar-refractivity contribution in [1.29, 1.82) is 0 Å². The van der Waals surface area contributed by atoms with Gasteiger partial charge in [0.05, 0.1) is 7.11 Å². The number of nitrogens with zero attached hydrogens (tertiary/aromatic N) is 1. The summed E-state index contributed by atoms with van der Waals surface area (Å²) in [7, 11) is 1.36. The fourth-order valence-corrected chi connectivity index (χ4v) is 2.18. The average molecular weight is 257 g/mol. The fraction of sp³-hybridized carbons (Fsp3) is 0.846. The van der Waals surface area contributed by atoms with Crippen LogP contribution in [0.25, 0.3) is 0 Å². The third-order valence-corrected chi connectivity index (χ3v) is 3.01. The van der Waals surface area contributed by atoms with Crippen molar-refractivity contribution in [3.63, 3.8) is 0 Å². The van der Waals surface area contributed by atoms with Crippen LogP contribution in [0.4, 0.5) is 0 Å². The zero-order chi connectivity index (χ0) is 13.9. The van der Waals surface area contributed by atoms with Crippen molar-refractivity contribution >= 4 is 11.9 Å².